The summed E-state index contributed by atoms with van der Waals surface area (Å²) in [7, 11) is -2.56. The van der Waals surface area contributed by atoms with Crippen LogP contribution in [0, 0.1) is 5.82 Å². The van der Waals surface area contributed by atoms with Gasteiger partial charge in [0.1, 0.15) is 22.2 Å². The molecule has 0 saturated heterocycles. The van der Waals surface area contributed by atoms with Crippen LogP contribution in [0.3, 0.4) is 0 Å². The van der Waals surface area contributed by atoms with E-state index >= 15 is 0 Å². The number of amides is 1. The molecule has 0 heterocycles. The summed E-state index contributed by atoms with van der Waals surface area (Å²) in [5.74, 6) is -0.0624. The molecule has 6 nitrogen and oxygen atoms in total. The molecule has 0 aliphatic carbocycles. The molecule has 174 valence electrons. The second-order valence-corrected chi connectivity index (χ2v) is 9.07. The van der Waals surface area contributed by atoms with E-state index in [9.17, 15) is 17.6 Å². The van der Waals surface area contributed by atoms with Crippen molar-refractivity contribution in [2.45, 2.75) is 37.8 Å². The van der Waals surface area contributed by atoms with Gasteiger partial charge in [-0.1, -0.05) is 31.2 Å². The van der Waals surface area contributed by atoms with Crippen molar-refractivity contribution in [3.05, 3.63) is 89.7 Å². The van der Waals surface area contributed by atoms with Crippen molar-refractivity contribution in [2.24, 2.45) is 0 Å². The van der Waals surface area contributed by atoms with Gasteiger partial charge < -0.3 is 13.8 Å². The lowest BCUT2D eigenvalue weighted by molar-refractivity contribution is 0.0668. The van der Waals surface area contributed by atoms with E-state index in [0.29, 0.717) is 17.9 Å². The van der Waals surface area contributed by atoms with Crippen molar-refractivity contribution in [1.82, 2.24) is 4.90 Å². The predicted octanol–water partition coefficient (Wildman–Crippen LogP) is 5.04. The quantitative estimate of drug-likeness (QED) is 0.409. The number of halogens is 1. The monoisotopic (exact) mass is 471 g/mol. The maximum atomic E-state index is 13.3. The van der Waals surface area contributed by atoms with Crippen molar-refractivity contribution in [2.75, 3.05) is 7.11 Å². The van der Waals surface area contributed by atoms with Crippen molar-refractivity contribution < 1.29 is 26.5 Å². The van der Waals surface area contributed by atoms with E-state index in [2.05, 4.69) is 0 Å². The fourth-order valence-corrected chi connectivity index (χ4v) is 4.18. The minimum absolute atomic E-state index is 0.0304. The first-order valence-corrected chi connectivity index (χ1v) is 11.9. The molecule has 3 aromatic carbocycles. The summed E-state index contributed by atoms with van der Waals surface area (Å²) >= 11 is 0. The lowest BCUT2D eigenvalue weighted by Crippen LogP contribution is -2.38. The minimum atomic E-state index is -4.09. The number of methoxy groups -OCH3 is 1. The van der Waals surface area contributed by atoms with Crippen molar-refractivity contribution >= 4 is 16.0 Å². The van der Waals surface area contributed by atoms with Crippen molar-refractivity contribution in [1.29, 1.82) is 0 Å². The molecule has 0 aliphatic heterocycles. The molecule has 1 amide bonds. The van der Waals surface area contributed by atoms with Crippen LogP contribution in [-0.4, -0.2) is 32.4 Å². The molecular formula is C25H26FNO5S. The number of para-hydroxylation sites is 1. The number of ether oxygens (including phenoxy) is 1. The molecule has 3 rings (SSSR count). The van der Waals surface area contributed by atoms with Crippen LogP contribution < -0.4 is 8.92 Å². The highest BCUT2D eigenvalue weighted by molar-refractivity contribution is 7.87. The average molecular weight is 472 g/mol. The molecule has 33 heavy (non-hydrogen) atoms. The summed E-state index contributed by atoms with van der Waals surface area (Å²) in [6.07, 6.45) is 0.762. The van der Waals surface area contributed by atoms with E-state index in [1.54, 1.807) is 35.2 Å². The van der Waals surface area contributed by atoms with Crippen LogP contribution in [-0.2, 0) is 16.7 Å². The molecule has 0 bridgehead atoms. The van der Waals surface area contributed by atoms with Gasteiger partial charge >= 0.3 is 10.1 Å². The number of nitrogens with zero attached hydrogens (tertiary/aromatic N) is 1. The molecular weight excluding hydrogens is 445 g/mol. The Morgan fingerprint density at radius 1 is 1.00 bits per heavy atom. The zero-order chi connectivity index (χ0) is 24.0. The minimum Gasteiger partial charge on any atom is -0.496 e. The Labute approximate surface area is 193 Å². The normalized spacial score (nSPS) is 12.1. The van der Waals surface area contributed by atoms with E-state index in [0.717, 1.165) is 36.2 Å². The lowest BCUT2D eigenvalue weighted by Gasteiger charge is -2.29. The summed E-state index contributed by atoms with van der Waals surface area (Å²) < 4.78 is 48.4. The van der Waals surface area contributed by atoms with Crippen LogP contribution in [0.1, 0.15) is 36.2 Å². The number of hydrogen-bond acceptors (Lipinski definition) is 5. The summed E-state index contributed by atoms with van der Waals surface area (Å²) in [5, 5.41) is 0. The van der Waals surface area contributed by atoms with Gasteiger partial charge in [-0.15, -0.1) is 0 Å². The van der Waals surface area contributed by atoms with Gasteiger partial charge in [0.25, 0.3) is 5.91 Å². The maximum absolute atomic E-state index is 13.3. The van der Waals surface area contributed by atoms with Crippen molar-refractivity contribution in [3.8, 4) is 11.5 Å². The molecule has 1 unspecified atom stereocenters. The molecule has 0 saturated carbocycles. The van der Waals surface area contributed by atoms with E-state index in [1.807, 2.05) is 19.9 Å². The molecule has 0 spiro atoms. The summed E-state index contributed by atoms with van der Waals surface area (Å²) in [4.78, 5) is 14.9. The zero-order valence-electron chi connectivity index (χ0n) is 18.7. The van der Waals surface area contributed by atoms with Gasteiger partial charge in [-0.2, -0.15) is 8.42 Å². The van der Waals surface area contributed by atoms with Crippen LogP contribution in [0.15, 0.2) is 77.7 Å². The first-order chi connectivity index (χ1) is 15.7. The van der Waals surface area contributed by atoms with Gasteiger partial charge in [0.15, 0.2) is 0 Å². The number of rotatable bonds is 9. The van der Waals surface area contributed by atoms with E-state index in [4.69, 9.17) is 8.92 Å². The fraction of sp³-hybridized carbons (Fsp3) is 0.240. The summed E-state index contributed by atoms with van der Waals surface area (Å²) in [6, 6.07) is 17.9. The summed E-state index contributed by atoms with van der Waals surface area (Å²) in [6.45, 7) is 4.31. The first-order valence-electron chi connectivity index (χ1n) is 10.5. The molecule has 0 aliphatic rings. The Morgan fingerprint density at radius 3 is 2.24 bits per heavy atom. The molecule has 8 heteroatoms. The third-order valence-electron chi connectivity index (χ3n) is 5.31. The van der Waals surface area contributed by atoms with E-state index in [1.165, 1.54) is 19.2 Å². The molecule has 0 N–H and O–H groups in total. The highest BCUT2D eigenvalue weighted by Gasteiger charge is 2.23. The number of carbonyl (C=O) groups is 1. The standard InChI is InChI=1S/C25H26FNO5S/c1-4-18(2)27(25(28)23-7-5-6-8-24(23)31-3)17-19-9-13-21(14-10-19)32-33(29,30)22-15-11-20(26)12-16-22/h5-16,18H,4,17H2,1-3H3. The second-order valence-electron chi connectivity index (χ2n) is 7.53. The molecule has 0 radical (unpaired) electrons. The first kappa shape index (κ1) is 24.3. The lowest BCUT2D eigenvalue weighted by atomic mass is 10.1. The molecule has 0 aromatic heterocycles. The van der Waals surface area contributed by atoms with Crippen LogP contribution in [0.4, 0.5) is 4.39 Å². The van der Waals surface area contributed by atoms with Gasteiger partial charge in [0.2, 0.25) is 0 Å². The van der Waals surface area contributed by atoms with Gasteiger partial charge in [-0.3, -0.25) is 4.79 Å². The third kappa shape index (κ3) is 5.90. The highest BCUT2D eigenvalue weighted by Crippen LogP contribution is 2.24. The summed E-state index contributed by atoms with van der Waals surface area (Å²) in [5.41, 5.74) is 1.29. The number of benzene rings is 3. The second kappa shape index (κ2) is 10.5. The van der Waals surface area contributed by atoms with Crippen LogP contribution in [0.5, 0.6) is 11.5 Å². The predicted molar refractivity (Wildman–Crippen MR) is 123 cm³/mol. The largest absolute Gasteiger partial charge is 0.496 e. The van der Waals surface area contributed by atoms with Gasteiger partial charge in [-0.05, 0) is 67.4 Å². The molecule has 1 atom stereocenters. The SMILES string of the molecule is CCC(C)N(Cc1ccc(OS(=O)(=O)c2ccc(F)cc2)cc1)C(=O)c1ccccc1OC. The third-order valence-corrected chi connectivity index (χ3v) is 6.57. The van der Waals surface area contributed by atoms with Gasteiger partial charge in [0.05, 0.1) is 12.7 Å². The Kier molecular flexibility index (Phi) is 7.71. The van der Waals surface area contributed by atoms with Gasteiger partial charge in [0, 0.05) is 12.6 Å². The maximum Gasteiger partial charge on any atom is 0.339 e. The van der Waals surface area contributed by atoms with Gasteiger partial charge in [-0.25, -0.2) is 4.39 Å². The fourth-order valence-electron chi connectivity index (χ4n) is 3.25. The highest BCUT2D eigenvalue weighted by atomic mass is 32.2. The Morgan fingerprint density at radius 2 is 1.64 bits per heavy atom. The number of hydrogen-bond donors (Lipinski definition) is 0. The van der Waals surface area contributed by atoms with E-state index < -0.39 is 15.9 Å². The van der Waals surface area contributed by atoms with E-state index in [-0.39, 0.29) is 22.6 Å². The Balaban J connectivity index is 1.78. The number of carbonyl (C=O) groups excluding carboxylic acids is 1. The topological polar surface area (TPSA) is 72.9 Å². The zero-order valence-corrected chi connectivity index (χ0v) is 19.5. The average Bonchev–Trinajstić information content (AvgIpc) is 2.82. The Bertz CT molecular complexity index is 1190. The van der Waals surface area contributed by atoms with Crippen LogP contribution in [0.25, 0.3) is 0 Å². The molecule has 0 fully saturated rings. The van der Waals surface area contributed by atoms with Crippen LogP contribution >= 0.6 is 0 Å². The molecule has 3 aromatic rings. The Hall–Kier alpha value is -3.39. The smallest absolute Gasteiger partial charge is 0.339 e. The van der Waals surface area contributed by atoms with Crippen LogP contribution in [0.2, 0.25) is 0 Å². The van der Waals surface area contributed by atoms with Crippen molar-refractivity contribution in [3.63, 3.8) is 0 Å².